The number of carbonyl (C=O) groups excluding carboxylic acids is 2. The molecule has 1 aliphatic heterocycles. The number of nitrogens with one attached hydrogen (secondary N) is 1. The minimum absolute atomic E-state index is 0.198. The third-order valence-electron chi connectivity index (χ3n) is 2.86. The Morgan fingerprint density at radius 3 is 2.48 bits per heavy atom. The lowest BCUT2D eigenvalue weighted by Crippen LogP contribution is -2.42. The van der Waals surface area contributed by atoms with E-state index in [2.05, 4.69) is 10.1 Å². The van der Waals surface area contributed by atoms with Crippen molar-refractivity contribution in [1.29, 1.82) is 0 Å². The molecule has 1 aromatic carbocycles. The highest BCUT2D eigenvalue weighted by Gasteiger charge is 2.50. The molecule has 2 unspecified atom stereocenters. The third-order valence-corrected chi connectivity index (χ3v) is 2.86. The maximum absolute atomic E-state index is 12.9. The number of alkyl halides is 3. The quantitative estimate of drug-likeness (QED) is 0.828. The van der Waals surface area contributed by atoms with Crippen molar-refractivity contribution >= 4 is 23.7 Å². The smallest absolute Gasteiger partial charge is 0.351 e. The zero-order valence-corrected chi connectivity index (χ0v) is 10.6. The molecule has 0 radical (unpaired) electrons. The van der Waals surface area contributed by atoms with Gasteiger partial charge >= 0.3 is 12.2 Å². The topological polar surface area (TPSA) is 84.7 Å². The van der Waals surface area contributed by atoms with Crippen LogP contribution >= 0.6 is 0 Å². The molecular formula is C12H12F3N3O3. The molecular weight excluding hydrogens is 291 g/mol. The van der Waals surface area contributed by atoms with Crippen molar-refractivity contribution in [2.45, 2.75) is 18.5 Å². The van der Waals surface area contributed by atoms with Gasteiger partial charge in [0.25, 0.3) is 0 Å². The van der Waals surface area contributed by atoms with E-state index in [0.29, 0.717) is 12.0 Å². The lowest BCUT2D eigenvalue weighted by molar-refractivity contribution is -0.211. The second-order valence-corrected chi connectivity index (χ2v) is 4.39. The van der Waals surface area contributed by atoms with Crippen molar-refractivity contribution in [1.82, 2.24) is 0 Å². The molecule has 2 atom stereocenters. The Bertz CT molecular complexity index is 533. The van der Waals surface area contributed by atoms with Gasteiger partial charge in [-0.3, -0.25) is 0 Å². The number of nitrogens with zero attached hydrogens (tertiary/aromatic N) is 1. The fraction of sp³-hybridized carbons (Fsp3) is 0.333. The van der Waals surface area contributed by atoms with E-state index < -0.39 is 24.5 Å². The number of nitrogens with two attached hydrogens (primary N) is 1. The van der Waals surface area contributed by atoms with Crippen molar-refractivity contribution in [3.8, 4) is 0 Å². The lowest BCUT2D eigenvalue weighted by atomic mass is 10.2. The fourth-order valence-electron chi connectivity index (χ4n) is 2.02. The van der Waals surface area contributed by atoms with Gasteiger partial charge in [0.15, 0.2) is 6.29 Å². The van der Waals surface area contributed by atoms with Crippen LogP contribution in [0.1, 0.15) is 0 Å². The van der Waals surface area contributed by atoms with Gasteiger partial charge in [0.05, 0.1) is 6.54 Å². The number of urea groups is 1. The van der Waals surface area contributed by atoms with E-state index in [4.69, 9.17) is 5.73 Å². The Hall–Kier alpha value is -2.29. The molecule has 114 valence electrons. The van der Waals surface area contributed by atoms with E-state index in [1.165, 1.54) is 24.3 Å². The Kier molecular flexibility index (Phi) is 4.03. The molecule has 0 bridgehead atoms. The van der Waals surface area contributed by atoms with Gasteiger partial charge in [-0.2, -0.15) is 13.2 Å². The van der Waals surface area contributed by atoms with Crippen LogP contribution in [0.15, 0.2) is 24.3 Å². The zero-order valence-electron chi connectivity index (χ0n) is 10.6. The van der Waals surface area contributed by atoms with Crippen LogP contribution in [-0.4, -0.2) is 37.4 Å². The number of carbonyl (C=O) groups is 2. The molecule has 3 N–H and O–H groups in total. The molecule has 1 heterocycles. The highest BCUT2D eigenvalue weighted by molar-refractivity contribution is 5.88. The number of primary amides is 1. The lowest BCUT2D eigenvalue weighted by Gasteiger charge is -2.26. The molecule has 2 rings (SSSR count). The number of amides is 2. The molecule has 9 heteroatoms. The minimum atomic E-state index is -4.62. The predicted molar refractivity (Wildman–Crippen MR) is 67.8 cm³/mol. The summed E-state index contributed by atoms with van der Waals surface area (Å²) < 4.78 is 43.4. The Balaban J connectivity index is 2.22. The summed E-state index contributed by atoms with van der Waals surface area (Å²) in [5.41, 5.74) is 5.50. The van der Waals surface area contributed by atoms with Gasteiger partial charge in [0.2, 0.25) is 6.23 Å². The SMILES string of the molecule is NC(=O)Nc1ccc(N2CC(C=O)OC2C(F)(F)F)cc1. The first kappa shape index (κ1) is 15.1. The first-order valence-corrected chi connectivity index (χ1v) is 5.92. The Labute approximate surface area is 117 Å². The molecule has 1 aromatic rings. The largest absolute Gasteiger partial charge is 0.433 e. The highest BCUT2D eigenvalue weighted by Crippen LogP contribution is 2.34. The van der Waals surface area contributed by atoms with Gasteiger partial charge in [-0.05, 0) is 24.3 Å². The third kappa shape index (κ3) is 3.43. The minimum Gasteiger partial charge on any atom is -0.351 e. The maximum atomic E-state index is 12.9. The summed E-state index contributed by atoms with van der Waals surface area (Å²) in [6.07, 6.45) is -7.60. The summed E-state index contributed by atoms with van der Waals surface area (Å²) in [4.78, 5) is 22.3. The molecule has 6 nitrogen and oxygen atoms in total. The standard InChI is InChI=1S/C12H12F3N3O3/c13-12(14,15)10-18(5-9(6-19)21-10)8-3-1-7(2-4-8)17-11(16)20/h1-4,6,9-10H,5H2,(H3,16,17,20). The van der Waals surface area contributed by atoms with E-state index in [-0.39, 0.29) is 12.2 Å². The van der Waals surface area contributed by atoms with E-state index in [9.17, 15) is 22.8 Å². The van der Waals surface area contributed by atoms with Crippen molar-refractivity contribution in [2.24, 2.45) is 5.73 Å². The number of anilines is 2. The summed E-state index contributed by atoms with van der Waals surface area (Å²) in [5, 5.41) is 2.29. The van der Waals surface area contributed by atoms with Crippen molar-refractivity contribution in [3.63, 3.8) is 0 Å². The van der Waals surface area contributed by atoms with Crippen LogP contribution in [0.2, 0.25) is 0 Å². The van der Waals surface area contributed by atoms with Crippen LogP contribution in [0.5, 0.6) is 0 Å². The van der Waals surface area contributed by atoms with E-state index in [1.807, 2.05) is 0 Å². The first-order chi connectivity index (χ1) is 9.81. The van der Waals surface area contributed by atoms with E-state index >= 15 is 0 Å². The summed E-state index contributed by atoms with van der Waals surface area (Å²) in [6, 6.07) is 4.78. The second kappa shape index (κ2) is 5.60. The summed E-state index contributed by atoms with van der Waals surface area (Å²) >= 11 is 0. The van der Waals surface area contributed by atoms with Gasteiger partial charge < -0.3 is 25.5 Å². The van der Waals surface area contributed by atoms with Crippen molar-refractivity contribution in [2.75, 3.05) is 16.8 Å². The van der Waals surface area contributed by atoms with Crippen LogP contribution < -0.4 is 16.0 Å². The summed E-state index contributed by atoms with van der Waals surface area (Å²) in [5.74, 6) is 0. The predicted octanol–water partition coefficient (Wildman–Crippen LogP) is 1.47. The molecule has 0 spiro atoms. The zero-order chi connectivity index (χ0) is 15.6. The van der Waals surface area contributed by atoms with Crippen LogP contribution in [0.4, 0.5) is 29.3 Å². The van der Waals surface area contributed by atoms with E-state index in [1.54, 1.807) is 0 Å². The number of hydrogen-bond acceptors (Lipinski definition) is 4. The summed E-state index contributed by atoms with van der Waals surface area (Å²) in [7, 11) is 0. The van der Waals surface area contributed by atoms with Gasteiger partial charge in [0, 0.05) is 11.4 Å². The van der Waals surface area contributed by atoms with Gasteiger partial charge in [-0.15, -0.1) is 0 Å². The van der Waals surface area contributed by atoms with E-state index in [0.717, 1.165) is 4.90 Å². The number of benzene rings is 1. The first-order valence-electron chi connectivity index (χ1n) is 5.92. The Morgan fingerprint density at radius 2 is 2.00 bits per heavy atom. The van der Waals surface area contributed by atoms with Gasteiger partial charge in [-0.25, -0.2) is 4.79 Å². The fourth-order valence-corrected chi connectivity index (χ4v) is 2.02. The number of hydrogen-bond donors (Lipinski definition) is 2. The monoisotopic (exact) mass is 303 g/mol. The number of halogens is 3. The molecule has 2 amide bonds. The molecule has 1 saturated heterocycles. The van der Waals surface area contributed by atoms with Crippen LogP contribution in [0.25, 0.3) is 0 Å². The number of ether oxygens (including phenoxy) is 1. The maximum Gasteiger partial charge on any atom is 0.433 e. The normalized spacial score (nSPS) is 22.1. The molecule has 0 aromatic heterocycles. The van der Waals surface area contributed by atoms with Gasteiger partial charge in [0.1, 0.15) is 6.10 Å². The second-order valence-electron chi connectivity index (χ2n) is 4.39. The van der Waals surface area contributed by atoms with Crippen LogP contribution in [0, 0.1) is 0 Å². The number of rotatable bonds is 3. The van der Waals surface area contributed by atoms with Gasteiger partial charge in [-0.1, -0.05) is 0 Å². The average molecular weight is 303 g/mol. The van der Waals surface area contributed by atoms with Crippen molar-refractivity contribution in [3.05, 3.63) is 24.3 Å². The molecule has 0 aliphatic carbocycles. The highest BCUT2D eigenvalue weighted by atomic mass is 19.4. The molecule has 21 heavy (non-hydrogen) atoms. The number of aldehydes is 1. The van der Waals surface area contributed by atoms with Crippen molar-refractivity contribution < 1.29 is 27.5 Å². The van der Waals surface area contributed by atoms with Crippen LogP contribution in [-0.2, 0) is 9.53 Å². The molecule has 1 aliphatic rings. The van der Waals surface area contributed by atoms with Crippen LogP contribution in [0.3, 0.4) is 0 Å². The average Bonchev–Trinajstić information content (AvgIpc) is 2.83. The molecule has 0 saturated carbocycles. The molecule has 1 fully saturated rings. The summed E-state index contributed by atoms with van der Waals surface area (Å²) in [6.45, 7) is -0.198. The Morgan fingerprint density at radius 1 is 1.38 bits per heavy atom.